The van der Waals surface area contributed by atoms with Crippen molar-refractivity contribution < 1.29 is 22.7 Å². The summed E-state index contributed by atoms with van der Waals surface area (Å²) >= 11 is 0. The number of hydrazone groups is 1. The van der Waals surface area contributed by atoms with Gasteiger partial charge >= 0.3 is 6.18 Å². The lowest BCUT2D eigenvalue weighted by Gasteiger charge is -2.22. The van der Waals surface area contributed by atoms with E-state index < -0.39 is 17.6 Å². The number of likely N-dealkylation sites (tertiary alicyclic amines) is 1. The van der Waals surface area contributed by atoms with Crippen LogP contribution in [0.2, 0.25) is 0 Å². The molecule has 0 saturated carbocycles. The Hall–Kier alpha value is -4.03. The standard InChI is InChI=1S/C27H34F3N7O2/c1-17-7-8-19(12-24(17)37(32)16-23(31)18(2)14-34-33-3)26(38)35-21-11-20(15-36-9-5-6-10-36)25(39-4)22(13-21)27(28,29)30/h7-8,11-14,16,33H,2,5-6,9-10,15,31-32H2,1,3-4H3,(H,35,38)/b23-16-,34-14-. The number of allylic oxidation sites excluding steroid dienone is 1. The third-order valence-corrected chi connectivity index (χ3v) is 6.27. The third-order valence-electron chi connectivity index (χ3n) is 6.27. The van der Waals surface area contributed by atoms with E-state index in [9.17, 15) is 18.0 Å². The molecular weight excluding hydrogens is 511 g/mol. The molecule has 1 aliphatic heterocycles. The number of rotatable bonds is 10. The van der Waals surface area contributed by atoms with Crippen molar-refractivity contribution in [1.29, 1.82) is 0 Å². The highest BCUT2D eigenvalue weighted by atomic mass is 19.4. The summed E-state index contributed by atoms with van der Waals surface area (Å²) in [4.78, 5) is 15.2. The van der Waals surface area contributed by atoms with Gasteiger partial charge in [0.2, 0.25) is 0 Å². The Labute approximate surface area is 225 Å². The van der Waals surface area contributed by atoms with Crippen LogP contribution < -0.4 is 32.1 Å². The van der Waals surface area contributed by atoms with Gasteiger partial charge in [0, 0.05) is 42.2 Å². The van der Waals surface area contributed by atoms with Crippen LogP contribution in [0.15, 0.2) is 59.5 Å². The van der Waals surface area contributed by atoms with Crippen molar-refractivity contribution in [2.45, 2.75) is 32.5 Å². The van der Waals surface area contributed by atoms with Crippen LogP contribution in [-0.4, -0.2) is 44.3 Å². The van der Waals surface area contributed by atoms with Crippen molar-refractivity contribution in [2.75, 3.05) is 37.6 Å². The number of carbonyl (C=O) groups is 1. The van der Waals surface area contributed by atoms with Gasteiger partial charge in [-0.25, -0.2) is 5.84 Å². The number of methoxy groups -OCH3 is 1. The molecule has 0 unspecified atom stereocenters. The molecule has 0 aliphatic carbocycles. The summed E-state index contributed by atoms with van der Waals surface area (Å²) in [7, 11) is 2.84. The SMILES string of the molecule is C=C(/C=N\NC)/C(N)=C/N(N)c1cc(C(=O)Nc2cc(CN3CCCC3)c(OC)c(C(F)(F)F)c2)ccc1C. The summed E-state index contributed by atoms with van der Waals surface area (Å²) in [6, 6.07) is 7.18. The predicted octanol–water partition coefficient (Wildman–Crippen LogP) is 4.11. The number of nitrogens with one attached hydrogen (secondary N) is 2. The van der Waals surface area contributed by atoms with Crippen LogP contribution in [0.4, 0.5) is 24.5 Å². The second-order valence-electron chi connectivity index (χ2n) is 9.15. The van der Waals surface area contributed by atoms with Crippen LogP contribution >= 0.6 is 0 Å². The lowest BCUT2D eigenvalue weighted by molar-refractivity contribution is -0.138. The first kappa shape index (κ1) is 29.5. The number of anilines is 2. The Morgan fingerprint density at radius 2 is 1.95 bits per heavy atom. The Balaban J connectivity index is 1.91. The monoisotopic (exact) mass is 545 g/mol. The molecule has 12 heteroatoms. The predicted molar refractivity (Wildman–Crippen MR) is 147 cm³/mol. The highest BCUT2D eigenvalue weighted by Gasteiger charge is 2.36. The fraction of sp³-hybridized carbons (Fsp3) is 0.333. The van der Waals surface area contributed by atoms with E-state index in [1.54, 1.807) is 26.1 Å². The fourth-order valence-electron chi connectivity index (χ4n) is 4.26. The Kier molecular flexibility index (Phi) is 9.60. The number of nitrogens with zero attached hydrogens (tertiary/aromatic N) is 3. The summed E-state index contributed by atoms with van der Waals surface area (Å²) in [6.07, 6.45) is 0.155. The van der Waals surface area contributed by atoms with Crippen molar-refractivity contribution in [3.8, 4) is 5.75 Å². The van der Waals surface area contributed by atoms with E-state index in [0.717, 1.165) is 37.6 Å². The van der Waals surface area contributed by atoms with Crippen molar-refractivity contribution in [2.24, 2.45) is 16.7 Å². The van der Waals surface area contributed by atoms with Crippen molar-refractivity contribution >= 4 is 23.5 Å². The van der Waals surface area contributed by atoms with Crippen molar-refractivity contribution in [1.82, 2.24) is 10.3 Å². The van der Waals surface area contributed by atoms with Crippen LogP contribution in [-0.2, 0) is 12.7 Å². The molecule has 0 spiro atoms. The molecule has 0 radical (unpaired) electrons. The van der Waals surface area contributed by atoms with Gasteiger partial charge in [0.25, 0.3) is 5.91 Å². The maximum absolute atomic E-state index is 13.9. The molecule has 9 nitrogen and oxygen atoms in total. The zero-order valence-corrected chi connectivity index (χ0v) is 22.2. The third kappa shape index (κ3) is 7.52. The largest absolute Gasteiger partial charge is 0.496 e. The average molecular weight is 546 g/mol. The quantitative estimate of drug-likeness (QED) is 0.153. The number of carbonyl (C=O) groups excluding carboxylic acids is 1. The van der Waals surface area contributed by atoms with Crippen molar-refractivity contribution in [3.05, 3.63) is 76.6 Å². The summed E-state index contributed by atoms with van der Waals surface area (Å²) in [5, 5.41) is 7.69. The van der Waals surface area contributed by atoms with E-state index in [-0.39, 0.29) is 29.2 Å². The summed E-state index contributed by atoms with van der Waals surface area (Å²) < 4.78 is 46.9. The van der Waals surface area contributed by atoms with Crippen LogP contribution in [0, 0.1) is 6.92 Å². The minimum Gasteiger partial charge on any atom is -0.496 e. The minimum absolute atomic E-state index is 0.0123. The normalized spacial score (nSPS) is 14.5. The number of hydrogen-bond acceptors (Lipinski definition) is 8. The first-order chi connectivity index (χ1) is 18.4. The van der Waals surface area contributed by atoms with Crippen LogP contribution in [0.25, 0.3) is 0 Å². The maximum atomic E-state index is 13.9. The molecule has 1 saturated heterocycles. The van der Waals surface area contributed by atoms with Gasteiger partial charge in [-0.1, -0.05) is 12.6 Å². The number of ether oxygens (including phenoxy) is 1. The first-order valence-corrected chi connectivity index (χ1v) is 12.3. The van der Waals surface area contributed by atoms with Gasteiger partial charge in [-0.2, -0.15) is 18.3 Å². The van der Waals surface area contributed by atoms with Crippen LogP contribution in [0.1, 0.15) is 39.9 Å². The fourth-order valence-corrected chi connectivity index (χ4v) is 4.26. The highest BCUT2D eigenvalue weighted by Crippen LogP contribution is 2.41. The van der Waals surface area contributed by atoms with Gasteiger partial charge in [-0.3, -0.25) is 14.7 Å². The number of benzene rings is 2. The number of amides is 1. The molecule has 0 bridgehead atoms. The molecule has 2 aromatic carbocycles. The Bertz CT molecular complexity index is 1270. The van der Waals surface area contributed by atoms with Gasteiger partial charge in [0.15, 0.2) is 0 Å². The highest BCUT2D eigenvalue weighted by molar-refractivity contribution is 6.05. The zero-order chi connectivity index (χ0) is 28.7. The molecule has 39 heavy (non-hydrogen) atoms. The number of hydrazine groups is 1. The second-order valence-corrected chi connectivity index (χ2v) is 9.15. The van der Waals surface area contributed by atoms with Gasteiger partial charge in [0.1, 0.15) is 5.75 Å². The molecule has 0 aromatic heterocycles. The Morgan fingerprint density at radius 3 is 2.56 bits per heavy atom. The van der Waals surface area contributed by atoms with Gasteiger partial charge in [-0.05, 0) is 62.7 Å². The van der Waals surface area contributed by atoms with Gasteiger partial charge < -0.3 is 21.2 Å². The smallest absolute Gasteiger partial charge is 0.420 e. The van der Waals surface area contributed by atoms with E-state index in [1.165, 1.54) is 36.7 Å². The molecule has 1 heterocycles. The number of aryl methyl sites for hydroxylation is 1. The average Bonchev–Trinajstić information content (AvgIpc) is 3.39. The summed E-state index contributed by atoms with van der Waals surface area (Å²) in [5.41, 5.74) is 10.1. The lowest BCUT2D eigenvalue weighted by Crippen LogP contribution is -2.27. The topological polar surface area (TPSA) is 121 Å². The van der Waals surface area contributed by atoms with Crippen molar-refractivity contribution in [3.63, 3.8) is 0 Å². The number of hydrogen-bond donors (Lipinski definition) is 4. The second kappa shape index (κ2) is 12.7. The van der Waals surface area contributed by atoms with E-state index in [0.29, 0.717) is 16.8 Å². The minimum atomic E-state index is -4.67. The Morgan fingerprint density at radius 1 is 1.26 bits per heavy atom. The number of nitrogens with two attached hydrogens (primary N) is 2. The van der Waals surface area contributed by atoms with Gasteiger partial charge in [0.05, 0.1) is 30.3 Å². The molecule has 6 N–H and O–H groups in total. The number of halogens is 3. The molecule has 3 rings (SSSR count). The van der Waals surface area contributed by atoms with E-state index in [1.807, 2.05) is 0 Å². The summed E-state index contributed by atoms with van der Waals surface area (Å²) in [6.45, 7) is 7.46. The molecule has 1 aliphatic rings. The zero-order valence-electron chi connectivity index (χ0n) is 22.2. The molecule has 210 valence electrons. The molecule has 1 fully saturated rings. The molecule has 0 atom stereocenters. The molecule has 2 aromatic rings. The summed E-state index contributed by atoms with van der Waals surface area (Å²) in [5.74, 6) is 5.34. The molecular formula is C27H34F3N7O2. The van der Waals surface area contributed by atoms with Gasteiger partial charge in [-0.15, -0.1) is 0 Å². The first-order valence-electron chi connectivity index (χ1n) is 12.3. The van der Waals surface area contributed by atoms with Crippen LogP contribution in [0.3, 0.4) is 0 Å². The van der Waals surface area contributed by atoms with E-state index in [4.69, 9.17) is 16.3 Å². The number of alkyl halides is 3. The van der Waals surface area contributed by atoms with Crippen LogP contribution in [0.5, 0.6) is 5.75 Å². The molecule has 1 amide bonds. The van der Waals surface area contributed by atoms with E-state index >= 15 is 0 Å². The maximum Gasteiger partial charge on any atom is 0.420 e. The lowest BCUT2D eigenvalue weighted by atomic mass is 10.0. The van der Waals surface area contributed by atoms with E-state index in [2.05, 4.69) is 27.3 Å².